The first-order valence-electron chi connectivity index (χ1n) is 8.18. The number of hydrogen-bond acceptors (Lipinski definition) is 4. The molecular formula is C21H20N2O2. The van der Waals surface area contributed by atoms with E-state index >= 15 is 0 Å². The van der Waals surface area contributed by atoms with Crippen LogP contribution < -0.4 is 5.73 Å². The van der Waals surface area contributed by atoms with Gasteiger partial charge in [0.2, 0.25) is 0 Å². The Kier molecular flexibility index (Phi) is 5.21. The van der Waals surface area contributed by atoms with Crippen molar-refractivity contribution in [2.45, 2.75) is 18.9 Å². The molecule has 4 heteroatoms. The molecule has 1 atom stereocenters. The second kappa shape index (κ2) is 7.73. The number of Topliss-reactive ketones (excluding diaryl/α,β-unsaturated/α-hetero) is 1. The molecule has 0 radical (unpaired) electrons. The second-order valence-corrected chi connectivity index (χ2v) is 6.02. The normalized spacial score (nSPS) is 11.9. The van der Waals surface area contributed by atoms with Gasteiger partial charge in [-0.15, -0.1) is 0 Å². The van der Waals surface area contributed by atoms with Crippen molar-refractivity contribution in [3.05, 3.63) is 84.2 Å². The monoisotopic (exact) mass is 332 g/mol. The van der Waals surface area contributed by atoms with Crippen molar-refractivity contribution in [2.24, 2.45) is 5.73 Å². The summed E-state index contributed by atoms with van der Waals surface area (Å²) in [6.07, 6.45) is 4.02. The van der Waals surface area contributed by atoms with E-state index < -0.39 is 6.04 Å². The van der Waals surface area contributed by atoms with Gasteiger partial charge in [-0.2, -0.15) is 0 Å². The van der Waals surface area contributed by atoms with E-state index in [9.17, 15) is 9.90 Å². The number of nitrogens with zero attached hydrogens (tertiary/aromatic N) is 1. The van der Waals surface area contributed by atoms with Crippen LogP contribution in [0.4, 0.5) is 0 Å². The van der Waals surface area contributed by atoms with Gasteiger partial charge in [-0.3, -0.25) is 9.78 Å². The highest BCUT2D eigenvalue weighted by molar-refractivity contribution is 5.87. The van der Waals surface area contributed by atoms with Crippen LogP contribution in [0.3, 0.4) is 0 Å². The quantitative estimate of drug-likeness (QED) is 0.727. The van der Waals surface area contributed by atoms with Crippen LogP contribution in [-0.2, 0) is 17.6 Å². The van der Waals surface area contributed by atoms with Crippen LogP contribution in [0.25, 0.3) is 11.1 Å². The van der Waals surface area contributed by atoms with Crippen LogP contribution in [-0.4, -0.2) is 21.9 Å². The lowest BCUT2D eigenvalue weighted by molar-refractivity contribution is -0.119. The lowest BCUT2D eigenvalue weighted by atomic mass is 9.96. The molecule has 25 heavy (non-hydrogen) atoms. The molecule has 0 amide bonds. The molecule has 2 aromatic carbocycles. The Hall–Kier alpha value is -2.98. The third-order valence-corrected chi connectivity index (χ3v) is 4.17. The van der Waals surface area contributed by atoms with E-state index in [0.29, 0.717) is 12.0 Å². The fourth-order valence-corrected chi connectivity index (χ4v) is 2.75. The number of phenols is 1. The molecule has 0 aliphatic rings. The fraction of sp³-hybridized carbons (Fsp3) is 0.143. The van der Waals surface area contributed by atoms with Crippen molar-refractivity contribution in [1.82, 2.24) is 4.98 Å². The number of nitrogens with two attached hydrogens (primary N) is 1. The molecule has 0 saturated carbocycles. The van der Waals surface area contributed by atoms with Crippen LogP contribution in [0.5, 0.6) is 5.75 Å². The number of aromatic nitrogens is 1. The summed E-state index contributed by atoms with van der Waals surface area (Å²) < 4.78 is 0. The molecule has 126 valence electrons. The fourth-order valence-electron chi connectivity index (χ4n) is 2.75. The summed E-state index contributed by atoms with van der Waals surface area (Å²) in [6.45, 7) is 0. The standard InChI is InChI=1S/C21H20N2O2/c22-19(12-15-4-2-1-3-5-15)21(25)14-18-13-17(6-7-20(18)24)16-8-10-23-11-9-16/h1-11,13,19,24H,12,14,22H2/t19-/m0/s1. The Labute approximate surface area is 147 Å². The van der Waals surface area contributed by atoms with Crippen molar-refractivity contribution in [3.8, 4) is 16.9 Å². The second-order valence-electron chi connectivity index (χ2n) is 6.02. The van der Waals surface area contributed by atoms with Gasteiger partial charge in [0, 0.05) is 24.4 Å². The van der Waals surface area contributed by atoms with Gasteiger partial charge in [0.15, 0.2) is 5.78 Å². The predicted molar refractivity (Wildman–Crippen MR) is 98.2 cm³/mol. The van der Waals surface area contributed by atoms with Gasteiger partial charge < -0.3 is 10.8 Å². The predicted octanol–water partition coefficient (Wildman–Crippen LogP) is 3.14. The van der Waals surface area contributed by atoms with Crippen LogP contribution in [0.2, 0.25) is 0 Å². The molecule has 3 aromatic rings. The van der Waals surface area contributed by atoms with Gasteiger partial charge in [0.25, 0.3) is 0 Å². The Bertz CT molecular complexity index is 848. The summed E-state index contributed by atoms with van der Waals surface area (Å²) in [4.78, 5) is 16.5. The first-order chi connectivity index (χ1) is 12.1. The van der Waals surface area contributed by atoms with Gasteiger partial charge in [-0.1, -0.05) is 36.4 Å². The minimum Gasteiger partial charge on any atom is -0.508 e. The number of pyridine rings is 1. The molecule has 0 saturated heterocycles. The maximum atomic E-state index is 12.5. The lowest BCUT2D eigenvalue weighted by Gasteiger charge is -2.12. The van der Waals surface area contributed by atoms with Crippen molar-refractivity contribution in [1.29, 1.82) is 0 Å². The van der Waals surface area contributed by atoms with Gasteiger partial charge in [-0.05, 0) is 47.4 Å². The van der Waals surface area contributed by atoms with Gasteiger partial charge in [0.1, 0.15) is 5.75 Å². The summed E-state index contributed by atoms with van der Waals surface area (Å²) in [7, 11) is 0. The number of aromatic hydroxyl groups is 1. The molecular weight excluding hydrogens is 312 g/mol. The minimum absolute atomic E-state index is 0.0916. The van der Waals surface area contributed by atoms with Gasteiger partial charge in [-0.25, -0.2) is 0 Å². The molecule has 1 heterocycles. The average Bonchev–Trinajstić information content (AvgIpc) is 2.65. The van der Waals surface area contributed by atoms with Gasteiger partial charge >= 0.3 is 0 Å². The van der Waals surface area contributed by atoms with Crippen molar-refractivity contribution < 1.29 is 9.90 Å². The maximum Gasteiger partial charge on any atom is 0.154 e. The maximum absolute atomic E-state index is 12.5. The Morgan fingerprint density at radius 3 is 2.44 bits per heavy atom. The zero-order valence-electron chi connectivity index (χ0n) is 13.8. The zero-order chi connectivity index (χ0) is 17.6. The first kappa shape index (κ1) is 16.9. The molecule has 3 rings (SSSR count). The summed E-state index contributed by atoms with van der Waals surface area (Å²) in [5.74, 6) is 0.0177. The van der Waals surface area contributed by atoms with E-state index in [0.717, 1.165) is 16.7 Å². The summed E-state index contributed by atoms with van der Waals surface area (Å²) >= 11 is 0. The Balaban J connectivity index is 1.74. The molecule has 0 aliphatic heterocycles. The molecule has 0 unspecified atom stereocenters. The molecule has 0 aliphatic carbocycles. The molecule has 3 N–H and O–H groups in total. The summed E-state index contributed by atoms with van der Waals surface area (Å²) in [5, 5.41) is 10.1. The summed E-state index contributed by atoms with van der Waals surface area (Å²) in [5.41, 5.74) is 9.58. The highest BCUT2D eigenvalue weighted by atomic mass is 16.3. The number of carbonyl (C=O) groups is 1. The lowest BCUT2D eigenvalue weighted by Crippen LogP contribution is -2.33. The van der Waals surface area contributed by atoms with E-state index in [2.05, 4.69) is 4.98 Å². The third-order valence-electron chi connectivity index (χ3n) is 4.17. The minimum atomic E-state index is -0.591. The average molecular weight is 332 g/mol. The van der Waals surface area contributed by atoms with Crippen molar-refractivity contribution in [2.75, 3.05) is 0 Å². The van der Waals surface area contributed by atoms with Crippen molar-refractivity contribution >= 4 is 5.78 Å². The molecule has 0 fully saturated rings. The number of phenolic OH excluding ortho intramolecular Hbond substituents is 1. The number of hydrogen-bond donors (Lipinski definition) is 2. The highest BCUT2D eigenvalue weighted by Crippen LogP contribution is 2.26. The molecule has 4 nitrogen and oxygen atoms in total. The molecule has 0 spiro atoms. The highest BCUT2D eigenvalue weighted by Gasteiger charge is 2.17. The number of rotatable bonds is 6. The topological polar surface area (TPSA) is 76.2 Å². The zero-order valence-corrected chi connectivity index (χ0v) is 13.8. The van der Waals surface area contributed by atoms with Crippen LogP contribution in [0, 0.1) is 0 Å². The number of carbonyl (C=O) groups excluding carboxylic acids is 1. The third kappa shape index (κ3) is 4.31. The number of ketones is 1. The van der Waals surface area contributed by atoms with E-state index in [1.54, 1.807) is 18.5 Å². The Morgan fingerprint density at radius 1 is 1.00 bits per heavy atom. The smallest absolute Gasteiger partial charge is 0.154 e. The number of benzene rings is 2. The summed E-state index contributed by atoms with van der Waals surface area (Å²) in [6, 6.07) is 18.1. The molecule has 1 aromatic heterocycles. The van der Waals surface area contributed by atoms with E-state index in [4.69, 9.17) is 5.73 Å². The van der Waals surface area contributed by atoms with Crippen LogP contribution in [0.1, 0.15) is 11.1 Å². The van der Waals surface area contributed by atoms with Crippen LogP contribution in [0.15, 0.2) is 73.1 Å². The largest absolute Gasteiger partial charge is 0.508 e. The van der Waals surface area contributed by atoms with Gasteiger partial charge in [0.05, 0.1) is 6.04 Å². The first-order valence-corrected chi connectivity index (χ1v) is 8.18. The Morgan fingerprint density at radius 2 is 1.72 bits per heavy atom. The van der Waals surface area contributed by atoms with Crippen LogP contribution >= 0.6 is 0 Å². The van der Waals surface area contributed by atoms with E-state index in [1.165, 1.54) is 0 Å². The SMILES string of the molecule is N[C@@H](Cc1ccccc1)C(=O)Cc1cc(-c2ccncc2)ccc1O. The molecule has 0 bridgehead atoms. The van der Waals surface area contributed by atoms with E-state index in [-0.39, 0.29) is 18.0 Å². The van der Waals surface area contributed by atoms with Crippen molar-refractivity contribution in [3.63, 3.8) is 0 Å². The van der Waals surface area contributed by atoms with E-state index in [1.807, 2.05) is 54.6 Å².